The molecule has 0 saturated carbocycles. The summed E-state index contributed by atoms with van der Waals surface area (Å²) in [7, 11) is 0. The van der Waals surface area contributed by atoms with Crippen molar-refractivity contribution in [2.24, 2.45) is 0 Å². The lowest BCUT2D eigenvalue weighted by Crippen LogP contribution is -2.25. The number of carbonyl (C=O) groups excluding carboxylic acids is 1. The van der Waals surface area contributed by atoms with Crippen LogP contribution in [0.15, 0.2) is 54.9 Å². The quantitative estimate of drug-likeness (QED) is 0.481. The molecule has 0 N–H and O–H groups in total. The van der Waals surface area contributed by atoms with E-state index in [0.29, 0.717) is 10.6 Å². The highest BCUT2D eigenvalue weighted by molar-refractivity contribution is 6.30. The lowest BCUT2D eigenvalue weighted by Gasteiger charge is -1.99. The number of halogens is 1. The van der Waals surface area contributed by atoms with Gasteiger partial charge in [0.15, 0.2) is 24.4 Å². The summed E-state index contributed by atoms with van der Waals surface area (Å²) in [6.45, 7) is 0. The van der Waals surface area contributed by atoms with E-state index in [0.717, 1.165) is 0 Å². The van der Waals surface area contributed by atoms with Crippen LogP contribution < -0.4 is 9.67 Å². The smallest absolute Gasteiger partial charge is 0.191 e. The Kier molecular flexibility index (Phi) is 3.75. The van der Waals surface area contributed by atoms with Crippen molar-refractivity contribution in [3.63, 3.8) is 0 Å². The Morgan fingerprint density at radius 2 is 1.94 bits per heavy atom. The highest BCUT2D eigenvalue weighted by atomic mass is 35.5. The van der Waals surface area contributed by atoms with Crippen molar-refractivity contribution in [2.75, 3.05) is 0 Å². The summed E-state index contributed by atoms with van der Waals surface area (Å²) in [5.41, 5.74) is 0.550. The van der Waals surface area contributed by atoms with Crippen LogP contribution in [0.1, 0.15) is 10.4 Å². The first-order valence-electron chi connectivity index (χ1n) is 5.31. The van der Waals surface area contributed by atoms with E-state index in [1.807, 2.05) is 0 Å². The van der Waals surface area contributed by atoms with Gasteiger partial charge in [0.1, 0.15) is 0 Å². The number of allylic oxidation sites excluding steroid dienone is 1. The number of ketones is 1. The van der Waals surface area contributed by atoms with Crippen molar-refractivity contribution >= 4 is 23.6 Å². The van der Waals surface area contributed by atoms with Crippen LogP contribution in [0, 0.1) is 0 Å². The molecule has 0 aliphatic heterocycles. The average Bonchev–Trinajstić information content (AvgIpc) is 2.37. The summed E-state index contributed by atoms with van der Waals surface area (Å²) in [6, 6.07) is 9.71. The van der Waals surface area contributed by atoms with Gasteiger partial charge < -0.3 is 5.11 Å². The maximum absolute atomic E-state index is 11.8. The molecule has 0 aliphatic rings. The second-order valence-corrected chi connectivity index (χ2v) is 4.11. The third-order valence-corrected chi connectivity index (χ3v) is 2.57. The maximum Gasteiger partial charge on any atom is 0.191 e. The summed E-state index contributed by atoms with van der Waals surface area (Å²) < 4.78 is 1.54. The van der Waals surface area contributed by atoms with Gasteiger partial charge in [0, 0.05) is 16.7 Å². The summed E-state index contributed by atoms with van der Waals surface area (Å²) >= 11 is 5.74. The van der Waals surface area contributed by atoms with E-state index in [-0.39, 0.29) is 11.5 Å². The zero-order valence-corrected chi connectivity index (χ0v) is 10.2. The van der Waals surface area contributed by atoms with Gasteiger partial charge in [0.05, 0.1) is 6.08 Å². The Morgan fingerprint density at radius 1 is 1.22 bits per heavy atom. The third-order valence-electron chi connectivity index (χ3n) is 2.32. The van der Waals surface area contributed by atoms with Gasteiger partial charge >= 0.3 is 0 Å². The SMILES string of the molecule is O=C(/C=C/[n+]1cccc([O-])c1)c1ccc(Cl)cc1. The largest absolute Gasteiger partial charge is 0.868 e. The minimum atomic E-state index is -0.143. The Bertz CT molecular complexity index is 591. The molecule has 3 nitrogen and oxygen atoms in total. The molecule has 2 rings (SSSR count). The number of hydrogen-bond acceptors (Lipinski definition) is 2. The average molecular weight is 260 g/mol. The molecule has 0 amide bonds. The van der Waals surface area contributed by atoms with Crippen LogP contribution in [0.25, 0.3) is 6.20 Å². The standard InChI is InChI=1S/C14H10ClNO2/c15-12-5-3-11(4-6-12)14(18)7-9-16-8-1-2-13(17)10-16/h1-10H/b9-7+. The van der Waals surface area contributed by atoms with Gasteiger partial charge in [-0.25, -0.2) is 0 Å². The minimum absolute atomic E-state index is 0.110. The molecule has 0 unspecified atom stereocenters. The fourth-order valence-electron chi connectivity index (χ4n) is 1.43. The van der Waals surface area contributed by atoms with Gasteiger partial charge in [0.2, 0.25) is 0 Å². The van der Waals surface area contributed by atoms with Crippen LogP contribution >= 0.6 is 11.6 Å². The molecule has 0 atom stereocenters. The number of aromatic nitrogens is 1. The van der Waals surface area contributed by atoms with Crippen LogP contribution in [0.3, 0.4) is 0 Å². The van der Waals surface area contributed by atoms with Crippen molar-refractivity contribution in [3.8, 4) is 5.75 Å². The Balaban J connectivity index is 2.14. The lowest BCUT2D eigenvalue weighted by atomic mass is 10.1. The highest BCUT2D eigenvalue weighted by Gasteiger charge is 2.02. The Labute approximate surface area is 110 Å². The van der Waals surface area contributed by atoms with Crippen molar-refractivity contribution in [3.05, 3.63) is 65.5 Å². The number of rotatable bonds is 3. The molecule has 1 aromatic carbocycles. The van der Waals surface area contributed by atoms with Crippen molar-refractivity contribution < 1.29 is 14.5 Å². The normalized spacial score (nSPS) is 10.7. The van der Waals surface area contributed by atoms with Crippen LogP contribution in [0.2, 0.25) is 5.02 Å². The fraction of sp³-hybridized carbons (Fsp3) is 0. The summed E-state index contributed by atoms with van der Waals surface area (Å²) in [4.78, 5) is 11.8. The number of pyridine rings is 1. The van der Waals surface area contributed by atoms with Crippen molar-refractivity contribution in [1.82, 2.24) is 0 Å². The molecule has 0 spiro atoms. The summed E-state index contributed by atoms with van der Waals surface area (Å²) in [5.74, 6) is -0.253. The number of nitrogens with zero attached hydrogens (tertiary/aromatic N) is 1. The van der Waals surface area contributed by atoms with Crippen LogP contribution in [-0.2, 0) is 0 Å². The van der Waals surface area contributed by atoms with Gasteiger partial charge in [-0.3, -0.25) is 4.79 Å². The molecule has 0 bridgehead atoms. The molecule has 1 heterocycles. The fourth-order valence-corrected chi connectivity index (χ4v) is 1.55. The molecule has 0 fully saturated rings. The van der Waals surface area contributed by atoms with E-state index < -0.39 is 0 Å². The van der Waals surface area contributed by atoms with Gasteiger partial charge in [-0.05, 0) is 30.0 Å². The molecule has 1 aromatic heterocycles. The summed E-state index contributed by atoms with van der Waals surface area (Å²) in [5, 5.41) is 11.7. The van der Waals surface area contributed by atoms with Gasteiger partial charge in [-0.1, -0.05) is 17.7 Å². The molecular weight excluding hydrogens is 250 g/mol. The van der Waals surface area contributed by atoms with E-state index in [1.165, 1.54) is 22.9 Å². The monoisotopic (exact) mass is 259 g/mol. The zero-order valence-electron chi connectivity index (χ0n) is 9.42. The van der Waals surface area contributed by atoms with E-state index in [1.54, 1.807) is 42.7 Å². The molecule has 0 saturated heterocycles. The van der Waals surface area contributed by atoms with E-state index in [4.69, 9.17) is 11.6 Å². The van der Waals surface area contributed by atoms with Crippen molar-refractivity contribution in [2.45, 2.75) is 0 Å². The zero-order chi connectivity index (χ0) is 13.0. The van der Waals surface area contributed by atoms with Gasteiger partial charge in [-0.15, -0.1) is 0 Å². The second kappa shape index (κ2) is 5.47. The predicted molar refractivity (Wildman–Crippen MR) is 67.2 cm³/mol. The number of carbonyl (C=O) groups is 1. The molecular formula is C14H10ClNO2. The Morgan fingerprint density at radius 3 is 2.61 bits per heavy atom. The highest BCUT2D eigenvalue weighted by Crippen LogP contribution is 2.10. The van der Waals surface area contributed by atoms with E-state index in [2.05, 4.69) is 0 Å². The van der Waals surface area contributed by atoms with Crippen LogP contribution in [0.4, 0.5) is 0 Å². The van der Waals surface area contributed by atoms with Gasteiger partial charge in [-0.2, -0.15) is 4.57 Å². The molecule has 0 radical (unpaired) electrons. The predicted octanol–water partition coefficient (Wildman–Crippen LogP) is 2.05. The molecule has 2 aromatic rings. The van der Waals surface area contributed by atoms with E-state index >= 15 is 0 Å². The molecule has 90 valence electrons. The number of hydrogen-bond donors (Lipinski definition) is 0. The van der Waals surface area contributed by atoms with Crippen LogP contribution in [-0.4, -0.2) is 5.78 Å². The first-order chi connectivity index (χ1) is 8.65. The topological polar surface area (TPSA) is 44.0 Å². The lowest BCUT2D eigenvalue weighted by molar-refractivity contribution is -0.572. The molecule has 0 aliphatic carbocycles. The maximum atomic E-state index is 11.8. The minimum Gasteiger partial charge on any atom is -0.868 e. The van der Waals surface area contributed by atoms with E-state index in [9.17, 15) is 9.90 Å². The number of benzene rings is 1. The third kappa shape index (κ3) is 3.18. The second-order valence-electron chi connectivity index (χ2n) is 3.67. The van der Waals surface area contributed by atoms with Gasteiger partial charge in [0.25, 0.3) is 0 Å². The first-order valence-corrected chi connectivity index (χ1v) is 5.69. The van der Waals surface area contributed by atoms with Crippen LogP contribution in [0.5, 0.6) is 5.75 Å². The summed E-state index contributed by atoms with van der Waals surface area (Å²) in [6.07, 6.45) is 6.03. The Hall–Kier alpha value is -2.13. The molecule has 18 heavy (non-hydrogen) atoms. The van der Waals surface area contributed by atoms with Crippen molar-refractivity contribution in [1.29, 1.82) is 0 Å². The first kappa shape index (κ1) is 12.3. The molecule has 4 heteroatoms.